The highest BCUT2D eigenvalue weighted by molar-refractivity contribution is 14.1. The standard InChI is InChI=1S/C13H17BrINO/c1-9(2)12(7-8-14)16-13(17)10-3-5-11(15)6-4-10/h3-6,9,12H,7-8H2,1-2H3,(H,16,17). The van der Waals surface area contributed by atoms with Crippen LogP contribution in [-0.2, 0) is 0 Å². The fourth-order valence-electron chi connectivity index (χ4n) is 1.54. The quantitative estimate of drug-likeness (QED) is 0.581. The smallest absolute Gasteiger partial charge is 0.251 e. The number of alkyl halides is 1. The van der Waals surface area contributed by atoms with E-state index in [0.29, 0.717) is 5.92 Å². The molecule has 0 aliphatic heterocycles. The van der Waals surface area contributed by atoms with Crippen LogP contribution in [0.25, 0.3) is 0 Å². The van der Waals surface area contributed by atoms with Gasteiger partial charge in [0, 0.05) is 20.5 Å². The third kappa shape index (κ3) is 4.95. The molecule has 0 spiro atoms. The Balaban J connectivity index is 2.66. The van der Waals surface area contributed by atoms with Gasteiger partial charge in [0.25, 0.3) is 5.91 Å². The van der Waals surface area contributed by atoms with Crippen LogP contribution >= 0.6 is 38.5 Å². The summed E-state index contributed by atoms with van der Waals surface area (Å²) in [4.78, 5) is 12.0. The van der Waals surface area contributed by atoms with Crippen molar-refractivity contribution in [2.45, 2.75) is 26.3 Å². The predicted octanol–water partition coefficient (Wildman–Crippen LogP) is 3.83. The highest BCUT2D eigenvalue weighted by Crippen LogP contribution is 2.11. The molecule has 2 nitrogen and oxygen atoms in total. The second-order valence-corrected chi connectivity index (χ2v) is 6.35. The molecule has 0 aliphatic rings. The summed E-state index contributed by atoms with van der Waals surface area (Å²) in [6.45, 7) is 4.25. The third-order valence-electron chi connectivity index (χ3n) is 2.65. The zero-order valence-electron chi connectivity index (χ0n) is 10.0. The monoisotopic (exact) mass is 409 g/mol. The van der Waals surface area contributed by atoms with Gasteiger partial charge >= 0.3 is 0 Å². The van der Waals surface area contributed by atoms with Crippen LogP contribution in [-0.4, -0.2) is 17.3 Å². The van der Waals surface area contributed by atoms with E-state index in [0.717, 1.165) is 20.9 Å². The molecule has 1 N–H and O–H groups in total. The minimum absolute atomic E-state index is 0.0149. The number of amides is 1. The molecule has 0 saturated heterocycles. The van der Waals surface area contributed by atoms with E-state index in [4.69, 9.17) is 0 Å². The second-order valence-electron chi connectivity index (χ2n) is 4.31. The predicted molar refractivity (Wildman–Crippen MR) is 83.7 cm³/mol. The molecule has 1 aromatic carbocycles. The molecule has 0 aromatic heterocycles. The molecule has 17 heavy (non-hydrogen) atoms. The van der Waals surface area contributed by atoms with Crippen LogP contribution in [0.3, 0.4) is 0 Å². The van der Waals surface area contributed by atoms with Crippen molar-refractivity contribution in [1.29, 1.82) is 0 Å². The lowest BCUT2D eigenvalue weighted by Crippen LogP contribution is -2.38. The lowest BCUT2D eigenvalue weighted by molar-refractivity contribution is 0.0925. The number of carbonyl (C=O) groups excluding carboxylic acids is 1. The van der Waals surface area contributed by atoms with Crippen LogP contribution in [0.5, 0.6) is 0 Å². The number of nitrogens with one attached hydrogen (secondary N) is 1. The van der Waals surface area contributed by atoms with Gasteiger partial charge in [0.05, 0.1) is 0 Å². The van der Waals surface area contributed by atoms with Crippen molar-refractivity contribution in [2.75, 3.05) is 5.33 Å². The van der Waals surface area contributed by atoms with Crippen molar-refractivity contribution >= 4 is 44.4 Å². The van der Waals surface area contributed by atoms with Crippen molar-refractivity contribution in [2.24, 2.45) is 5.92 Å². The first-order valence-corrected chi connectivity index (χ1v) is 7.87. The molecule has 1 atom stereocenters. The lowest BCUT2D eigenvalue weighted by atomic mass is 10.0. The number of hydrogen-bond donors (Lipinski definition) is 1. The van der Waals surface area contributed by atoms with Crippen molar-refractivity contribution in [3.05, 3.63) is 33.4 Å². The van der Waals surface area contributed by atoms with E-state index in [1.54, 1.807) is 0 Å². The van der Waals surface area contributed by atoms with Crippen molar-refractivity contribution in [3.8, 4) is 0 Å². The van der Waals surface area contributed by atoms with E-state index >= 15 is 0 Å². The molecular formula is C13H17BrINO. The summed E-state index contributed by atoms with van der Waals surface area (Å²) in [5.74, 6) is 0.460. The van der Waals surface area contributed by atoms with Crippen molar-refractivity contribution < 1.29 is 4.79 Å². The number of rotatable bonds is 5. The topological polar surface area (TPSA) is 29.1 Å². The molecule has 0 aliphatic carbocycles. The molecule has 4 heteroatoms. The summed E-state index contributed by atoms with van der Waals surface area (Å²) in [6, 6.07) is 7.85. The van der Waals surface area contributed by atoms with Gasteiger partial charge in [-0.05, 0) is 59.2 Å². The Kier molecular flexibility index (Phi) is 6.48. The average molecular weight is 410 g/mol. The van der Waals surface area contributed by atoms with Crippen LogP contribution < -0.4 is 5.32 Å². The zero-order chi connectivity index (χ0) is 12.8. The first-order chi connectivity index (χ1) is 8.04. The van der Waals surface area contributed by atoms with Gasteiger partial charge < -0.3 is 5.32 Å². The van der Waals surface area contributed by atoms with E-state index in [-0.39, 0.29) is 11.9 Å². The Morgan fingerprint density at radius 3 is 2.41 bits per heavy atom. The summed E-state index contributed by atoms with van der Waals surface area (Å²) >= 11 is 5.65. The van der Waals surface area contributed by atoms with Crippen LogP contribution in [0, 0.1) is 9.49 Å². The Bertz CT molecular complexity index is 364. The number of carbonyl (C=O) groups is 1. The SMILES string of the molecule is CC(C)C(CCBr)NC(=O)c1ccc(I)cc1. The number of hydrogen-bond acceptors (Lipinski definition) is 1. The largest absolute Gasteiger partial charge is 0.349 e. The van der Waals surface area contributed by atoms with Crippen LogP contribution in [0.1, 0.15) is 30.6 Å². The van der Waals surface area contributed by atoms with Gasteiger partial charge in [-0.2, -0.15) is 0 Å². The van der Waals surface area contributed by atoms with E-state index in [2.05, 4.69) is 57.7 Å². The lowest BCUT2D eigenvalue weighted by Gasteiger charge is -2.21. The van der Waals surface area contributed by atoms with E-state index in [9.17, 15) is 4.79 Å². The van der Waals surface area contributed by atoms with Gasteiger partial charge in [-0.25, -0.2) is 0 Å². The van der Waals surface area contributed by atoms with Gasteiger partial charge in [-0.1, -0.05) is 29.8 Å². The third-order valence-corrected chi connectivity index (χ3v) is 3.82. The maximum atomic E-state index is 12.0. The average Bonchev–Trinajstić information content (AvgIpc) is 2.29. The molecule has 0 radical (unpaired) electrons. The van der Waals surface area contributed by atoms with E-state index in [1.165, 1.54) is 0 Å². The fourth-order valence-corrected chi connectivity index (χ4v) is 2.40. The minimum Gasteiger partial charge on any atom is -0.349 e. The minimum atomic E-state index is 0.0149. The Labute approximate surface area is 125 Å². The Hall–Kier alpha value is -0.100. The highest BCUT2D eigenvalue weighted by Gasteiger charge is 2.16. The summed E-state index contributed by atoms with van der Waals surface area (Å²) in [6.07, 6.45) is 0.952. The molecule has 0 heterocycles. The molecule has 1 aromatic rings. The molecule has 1 unspecified atom stereocenters. The molecule has 94 valence electrons. The van der Waals surface area contributed by atoms with Gasteiger partial charge in [0.1, 0.15) is 0 Å². The zero-order valence-corrected chi connectivity index (χ0v) is 13.8. The summed E-state index contributed by atoms with van der Waals surface area (Å²) in [7, 11) is 0. The summed E-state index contributed by atoms with van der Waals surface area (Å²) in [5.41, 5.74) is 0.727. The van der Waals surface area contributed by atoms with Gasteiger partial charge in [-0.3, -0.25) is 4.79 Å². The molecule has 0 fully saturated rings. The summed E-state index contributed by atoms with van der Waals surface area (Å²) < 4.78 is 1.14. The molecular weight excluding hydrogens is 393 g/mol. The van der Waals surface area contributed by atoms with Crippen molar-refractivity contribution in [3.63, 3.8) is 0 Å². The fraction of sp³-hybridized carbons (Fsp3) is 0.462. The van der Waals surface area contributed by atoms with Gasteiger partial charge in [-0.15, -0.1) is 0 Å². The number of halogens is 2. The first kappa shape index (κ1) is 15.0. The van der Waals surface area contributed by atoms with E-state index in [1.807, 2.05) is 24.3 Å². The van der Waals surface area contributed by atoms with Gasteiger partial charge in [0.2, 0.25) is 0 Å². The maximum Gasteiger partial charge on any atom is 0.251 e. The van der Waals surface area contributed by atoms with Crippen LogP contribution in [0.15, 0.2) is 24.3 Å². The molecule has 0 bridgehead atoms. The normalized spacial score (nSPS) is 12.5. The maximum absolute atomic E-state index is 12.0. The summed E-state index contributed by atoms with van der Waals surface area (Å²) in [5, 5.41) is 3.99. The van der Waals surface area contributed by atoms with Crippen LogP contribution in [0.4, 0.5) is 0 Å². The van der Waals surface area contributed by atoms with Crippen LogP contribution in [0.2, 0.25) is 0 Å². The second kappa shape index (κ2) is 7.36. The highest BCUT2D eigenvalue weighted by atomic mass is 127. The molecule has 0 saturated carbocycles. The van der Waals surface area contributed by atoms with Gasteiger partial charge in [0.15, 0.2) is 0 Å². The molecule has 1 rings (SSSR count). The van der Waals surface area contributed by atoms with E-state index < -0.39 is 0 Å². The Morgan fingerprint density at radius 2 is 1.94 bits per heavy atom. The first-order valence-electron chi connectivity index (χ1n) is 5.67. The Morgan fingerprint density at radius 1 is 1.35 bits per heavy atom. The van der Waals surface area contributed by atoms with Crippen molar-refractivity contribution in [1.82, 2.24) is 5.32 Å². The number of benzene rings is 1. The molecule has 1 amide bonds.